The molecule has 0 saturated carbocycles. The predicted octanol–water partition coefficient (Wildman–Crippen LogP) is 2.08. The SMILES string of the molecule is Cn1nccc1C(=O)N1CCC[C@@H](c2nncn2Cc2ccccc2)C1. The summed E-state index contributed by atoms with van der Waals surface area (Å²) in [6, 6.07) is 12.1. The van der Waals surface area contributed by atoms with Crippen LogP contribution in [0.5, 0.6) is 0 Å². The second-order valence-electron chi connectivity index (χ2n) is 6.73. The molecule has 0 spiro atoms. The number of aryl methyl sites for hydroxylation is 1. The average Bonchev–Trinajstić information content (AvgIpc) is 3.31. The van der Waals surface area contributed by atoms with E-state index in [0.29, 0.717) is 12.2 Å². The van der Waals surface area contributed by atoms with Crippen molar-refractivity contribution < 1.29 is 4.79 Å². The molecule has 1 fully saturated rings. The molecule has 7 heteroatoms. The maximum Gasteiger partial charge on any atom is 0.272 e. The van der Waals surface area contributed by atoms with Crippen LogP contribution in [0.15, 0.2) is 48.9 Å². The molecule has 3 heterocycles. The van der Waals surface area contributed by atoms with Gasteiger partial charge in [0.2, 0.25) is 0 Å². The number of aromatic nitrogens is 5. The maximum absolute atomic E-state index is 12.8. The molecule has 1 atom stereocenters. The number of hydrogen-bond acceptors (Lipinski definition) is 4. The Bertz CT molecular complexity index is 884. The lowest BCUT2D eigenvalue weighted by Gasteiger charge is -2.32. The van der Waals surface area contributed by atoms with Gasteiger partial charge in [0, 0.05) is 32.3 Å². The van der Waals surface area contributed by atoms with Gasteiger partial charge in [-0.2, -0.15) is 5.10 Å². The van der Waals surface area contributed by atoms with E-state index in [-0.39, 0.29) is 11.8 Å². The van der Waals surface area contributed by atoms with Crippen LogP contribution in [0.4, 0.5) is 0 Å². The van der Waals surface area contributed by atoms with Gasteiger partial charge in [-0.05, 0) is 24.5 Å². The van der Waals surface area contributed by atoms with Gasteiger partial charge in [-0.1, -0.05) is 30.3 Å². The summed E-state index contributed by atoms with van der Waals surface area (Å²) >= 11 is 0. The van der Waals surface area contributed by atoms with E-state index in [1.165, 1.54) is 5.56 Å². The molecular formula is C19H22N6O. The van der Waals surface area contributed by atoms with E-state index in [1.807, 2.05) is 23.1 Å². The first-order valence-corrected chi connectivity index (χ1v) is 8.91. The van der Waals surface area contributed by atoms with Crippen molar-refractivity contribution in [3.05, 3.63) is 66.0 Å². The summed E-state index contributed by atoms with van der Waals surface area (Å²) in [4.78, 5) is 14.7. The highest BCUT2D eigenvalue weighted by Gasteiger charge is 2.29. The predicted molar refractivity (Wildman–Crippen MR) is 96.7 cm³/mol. The lowest BCUT2D eigenvalue weighted by Crippen LogP contribution is -2.40. The molecule has 1 amide bonds. The van der Waals surface area contributed by atoms with E-state index < -0.39 is 0 Å². The van der Waals surface area contributed by atoms with Gasteiger partial charge in [-0.25, -0.2) is 0 Å². The summed E-state index contributed by atoms with van der Waals surface area (Å²) in [5, 5.41) is 12.6. The number of carbonyl (C=O) groups excluding carboxylic acids is 1. The number of carbonyl (C=O) groups is 1. The number of rotatable bonds is 4. The summed E-state index contributed by atoms with van der Waals surface area (Å²) in [6.07, 6.45) is 5.42. The van der Waals surface area contributed by atoms with Gasteiger partial charge in [-0.15, -0.1) is 10.2 Å². The zero-order chi connectivity index (χ0) is 17.9. The van der Waals surface area contributed by atoms with Gasteiger partial charge in [-0.3, -0.25) is 9.48 Å². The van der Waals surface area contributed by atoms with Gasteiger partial charge in [0.1, 0.15) is 17.8 Å². The summed E-state index contributed by atoms with van der Waals surface area (Å²) in [5.41, 5.74) is 1.84. The third-order valence-corrected chi connectivity index (χ3v) is 4.96. The highest BCUT2D eigenvalue weighted by molar-refractivity contribution is 5.92. The van der Waals surface area contributed by atoms with Gasteiger partial charge >= 0.3 is 0 Å². The first-order chi connectivity index (χ1) is 12.7. The largest absolute Gasteiger partial charge is 0.337 e. The molecule has 0 bridgehead atoms. The standard InChI is InChI=1S/C19H22N6O/c1-23-17(9-10-21-23)19(26)24-11-5-8-16(13-24)18-22-20-14-25(18)12-15-6-3-2-4-7-15/h2-4,6-7,9-10,14,16H,5,8,11-13H2,1H3/t16-/m1/s1. The fourth-order valence-corrected chi connectivity index (χ4v) is 3.60. The molecule has 1 aliphatic rings. The molecule has 1 aliphatic heterocycles. The van der Waals surface area contributed by atoms with Crippen LogP contribution in [0.2, 0.25) is 0 Å². The molecule has 1 saturated heterocycles. The molecule has 134 valence electrons. The van der Waals surface area contributed by atoms with Crippen LogP contribution in [-0.4, -0.2) is 48.4 Å². The van der Waals surface area contributed by atoms with Crippen molar-refractivity contribution >= 4 is 5.91 Å². The van der Waals surface area contributed by atoms with E-state index in [0.717, 1.165) is 31.8 Å². The van der Waals surface area contributed by atoms with Crippen molar-refractivity contribution in [3.8, 4) is 0 Å². The smallest absolute Gasteiger partial charge is 0.272 e. The second kappa shape index (κ2) is 7.11. The first-order valence-electron chi connectivity index (χ1n) is 8.91. The van der Waals surface area contributed by atoms with E-state index in [9.17, 15) is 4.79 Å². The molecule has 0 unspecified atom stereocenters. The van der Waals surface area contributed by atoms with Crippen molar-refractivity contribution in [1.29, 1.82) is 0 Å². The number of amides is 1. The average molecular weight is 350 g/mol. The Morgan fingerprint density at radius 2 is 2.08 bits per heavy atom. The van der Waals surface area contributed by atoms with Gasteiger partial charge in [0.15, 0.2) is 0 Å². The van der Waals surface area contributed by atoms with Crippen LogP contribution in [0, 0.1) is 0 Å². The van der Waals surface area contributed by atoms with E-state index in [4.69, 9.17) is 0 Å². The molecule has 0 aliphatic carbocycles. The minimum absolute atomic E-state index is 0.0313. The normalized spacial score (nSPS) is 17.4. The third-order valence-electron chi connectivity index (χ3n) is 4.96. The minimum atomic E-state index is 0.0313. The fraction of sp³-hybridized carbons (Fsp3) is 0.368. The molecule has 2 aromatic heterocycles. The quantitative estimate of drug-likeness (QED) is 0.722. The molecule has 7 nitrogen and oxygen atoms in total. The van der Waals surface area contributed by atoms with Gasteiger partial charge < -0.3 is 9.47 Å². The van der Waals surface area contributed by atoms with Crippen molar-refractivity contribution in [2.45, 2.75) is 25.3 Å². The van der Waals surface area contributed by atoms with Gasteiger partial charge in [0.05, 0.1) is 6.54 Å². The fourth-order valence-electron chi connectivity index (χ4n) is 3.60. The highest BCUT2D eigenvalue weighted by atomic mass is 16.2. The monoisotopic (exact) mass is 350 g/mol. The molecule has 4 rings (SSSR count). The number of nitrogens with zero attached hydrogens (tertiary/aromatic N) is 6. The van der Waals surface area contributed by atoms with Crippen molar-refractivity contribution in [2.75, 3.05) is 13.1 Å². The van der Waals surface area contributed by atoms with Crippen LogP contribution in [0.25, 0.3) is 0 Å². The Morgan fingerprint density at radius 1 is 1.23 bits per heavy atom. The molecule has 0 radical (unpaired) electrons. The highest BCUT2D eigenvalue weighted by Crippen LogP contribution is 2.26. The summed E-state index contributed by atoms with van der Waals surface area (Å²) < 4.78 is 3.72. The summed E-state index contributed by atoms with van der Waals surface area (Å²) in [7, 11) is 1.80. The Balaban J connectivity index is 1.51. The molecule has 26 heavy (non-hydrogen) atoms. The molecule has 0 N–H and O–H groups in total. The van der Waals surface area contributed by atoms with Crippen molar-refractivity contribution in [1.82, 2.24) is 29.4 Å². The number of hydrogen-bond donors (Lipinski definition) is 0. The van der Waals surface area contributed by atoms with Crippen molar-refractivity contribution in [3.63, 3.8) is 0 Å². The van der Waals surface area contributed by atoms with Crippen LogP contribution < -0.4 is 0 Å². The van der Waals surface area contributed by atoms with Crippen molar-refractivity contribution in [2.24, 2.45) is 7.05 Å². The van der Waals surface area contributed by atoms with Crippen LogP contribution in [-0.2, 0) is 13.6 Å². The molecule has 1 aromatic carbocycles. The van der Waals surface area contributed by atoms with Gasteiger partial charge in [0.25, 0.3) is 5.91 Å². The Hall–Kier alpha value is -2.96. The Kier molecular flexibility index (Phi) is 4.51. The minimum Gasteiger partial charge on any atom is -0.337 e. The van der Waals surface area contributed by atoms with E-state index in [1.54, 1.807) is 30.3 Å². The van der Waals surface area contributed by atoms with Crippen LogP contribution in [0.1, 0.15) is 40.6 Å². The third kappa shape index (κ3) is 3.24. The number of likely N-dealkylation sites (tertiary alicyclic amines) is 1. The zero-order valence-corrected chi connectivity index (χ0v) is 14.8. The molecule has 3 aromatic rings. The number of piperidine rings is 1. The topological polar surface area (TPSA) is 68.8 Å². The zero-order valence-electron chi connectivity index (χ0n) is 14.8. The Labute approximate surface area is 152 Å². The lowest BCUT2D eigenvalue weighted by atomic mass is 9.96. The first kappa shape index (κ1) is 16.5. The second-order valence-corrected chi connectivity index (χ2v) is 6.73. The summed E-state index contributed by atoms with van der Waals surface area (Å²) in [5.74, 6) is 1.19. The lowest BCUT2D eigenvalue weighted by molar-refractivity contribution is 0.0692. The van der Waals surface area contributed by atoms with E-state index in [2.05, 4.69) is 32.0 Å². The van der Waals surface area contributed by atoms with E-state index >= 15 is 0 Å². The number of benzene rings is 1. The van der Waals surface area contributed by atoms with Crippen LogP contribution >= 0.6 is 0 Å². The summed E-state index contributed by atoms with van der Waals surface area (Å²) in [6.45, 7) is 2.18. The van der Waals surface area contributed by atoms with Crippen LogP contribution in [0.3, 0.4) is 0 Å². The maximum atomic E-state index is 12.8. The Morgan fingerprint density at radius 3 is 2.85 bits per heavy atom. The molecular weight excluding hydrogens is 328 g/mol.